The zero-order valence-corrected chi connectivity index (χ0v) is 9.48. The predicted molar refractivity (Wildman–Crippen MR) is 58.5 cm³/mol. The fraction of sp³-hybridized carbons (Fsp3) is 1.00. The van der Waals surface area contributed by atoms with E-state index in [-0.39, 0.29) is 10.8 Å². The average molecular weight is 187 g/mol. The predicted octanol–water partition coefficient (Wildman–Crippen LogP) is 0.546. The van der Waals surface area contributed by atoms with E-state index in [1.807, 2.05) is 7.05 Å². The molecule has 0 aliphatic rings. The van der Waals surface area contributed by atoms with Crippen molar-refractivity contribution in [3.05, 3.63) is 0 Å². The van der Waals surface area contributed by atoms with Gasteiger partial charge in [-0.05, 0) is 18.9 Å². The summed E-state index contributed by atoms with van der Waals surface area (Å²) < 4.78 is 0. The molecule has 3 nitrogen and oxygen atoms in total. The van der Waals surface area contributed by atoms with Gasteiger partial charge in [0, 0.05) is 25.0 Å². The molecule has 0 aliphatic carbocycles. The van der Waals surface area contributed by atoms with Crippen LogP contribution in [0.15, 0.2) is 0 Å². The molecular weight excluding hydrogens is 162 g/mol. The molecule has 0 spiro atoms. The Balaban J connectivity index is 4.38. The van der Waals surface area contributed by atoms with Gasteiger partial charge in [-0.3, -0.25) is 0 Å². The molecule has 13 heavy (non-hydrogen) atoms. The second kappa shape index (κ2) is 4.94. The minimum Gasteiger partial charge on any atom is -0.330 e. The maximum atomic E-state index is 5.79. The van der Waals surface area contributed by atoms with Gasteiger partial charge in [-0.25, -0.2) is 0 Å². The molecular formula is C10H25N3. The first-order valence-electron chi connectivity index (χ1n) is 4.94. The van der Waals surface area contributed by atoms with Crippen LogP contribution in [0.4, 0.5) is 0 Å². The number of rotatable bonds is 5. The highest BCUT2D eigenvalue weighted by Crippen LogP contribution is 2.31. The van der Waals surface area contributed by atoms with Crippen molar-refractivity contribution in [2.75, 3.05) is 26.7 Å². The first kappa shape index (κ1) is 12.9. The van der Waals surface area contributed by atoms with Crippen molar-refractivity contribution in [1.29, 1.82) is 0 Å². The van der Waals surface area contributed by atoms with Gasteiger partial charge in [0.15, 0.2) is 0 Å². The van der Waals surface area contributed by atoms with E-state index in [0.29, 0.717) is 13.1 Å². The van der Waals surface area contributed by atoms with Crippen LogP contribution in [0.3, 0.4) is 0 Å². The van der Waals surface area contributed by atoms with Gasteiger partial charge < -0.3 is 16.8 Å². The van der Waals surface area contributed by atoms with E-state index in [2.05, 4.69) is 26.1 Å². The monoisotopic (exact) mass is 187 g/mol. The third kappa shape index (κ3) is 4.60. The Labute approximate surface area is 82.3 Å². The van der Waals surface area contributed by atoms with Gasteiger partial charge >= 0.3 is 0 Å². The summed E-state index contributed by atoms with van der Waals surface area (Å²) in [5.74, 6) is 0. The van der Waals surface area contributed by atoms with E-state index < -0.39 is 0 Å². The van der Waals surface area contributed by atoms with E-state index in [4.69, 9.17) is 11.5 Å². The van der Waals surface area contributed by atoms with Crippen LogP contribution in [-0.4, -0.2) is 26.7 Å². The van der Waals surface area contributed by atoms with E-state index in [0.717, 1.165) is 13.0 Å². The first-order chi connectivity index (χ1) is 5.89. The van der Waals surface area contributed by atoms with Crippen LogP contribution in [0.5, 0.6) is 0 Å². The number of hydrogen-bond donors (Lipinski definition) is 3. The molecule has 0 heterocycles. The van der Waals surface area contributed by atoms with Crippen molar-refractivity contribution in [3.8, 4) is 0 Å². The van der Waals surface area contributed by atoms with Gasteiger partial charge in [-0.15, -0.1) is 0 Å². The first-order valence-corrected chi connectivity index (χ1v) is 4.94. The number of nitrogens with one attached hydrogen (secondary N) is 1. The molecule has 0 saturated carbocycles. The summed E-state index contributed by atoms with van der Waals surface area (Å²) in [6.45, 7) is 8.88. The third-order valence-electron chi connectivity index (χ3n) is 2.32. The lowest BCUT2D eigenvalue weighted by Gasteiger charge is -2.37. The summed E-state index contributed by atoms with van der Waals surface area (Å²) in [7, 11) is 1.95. The molecule has 0 amide bonds. The smallest absolute Gasteiger partial charge is 0.00776 e. The Morgan fingerprint density at radius 2 is 1.54 bits per heavy atom. The van der Waals surface area contributed by atoms with Crippen molar-refractivity contribution in [2.24, 2.45) is 22.3 Å². The van der Waals surface area contributed by atoms with Gasteiger partial charge in [0.1, 0.15) is 0 Å². The summed E-state index contributed by atoms with van der Waals surface area (Å²) in [4.78, 5) is 0. The van der Waals surface area contributed by atoms with Crippen LogP contribution in [0.1, 0.15) is 27.2 Å². The van der Waals surface area contributed by atoms with Gasteiger partial charge in [-0.2, -0.15) is 0 Å². The zero-order chi connectivity index (χ0) is 10.5. The molecule has 80 valence electrons. The molecule has 0 bridgehead atoms. The molecule has 3 heteroatoms. The fourth-order valence-electron chi connectivity index (χ4n) is 1.93. The highest BCUT2D eigenvalue weighted by molar-refractivity contribution is 4.87. The van der Waals surface area contributed by atoms with E-state index >= 15 is 0 Å². The van der Waals surface area contributed by atoms with Crippen LogP contribution < -0.4 is 16.8 Å². The molecule has 0 atom stereocenters. The third-order valence-corrected chi connectivity index (χ3v) is 2.32. The fourth-order valence-corrected chi connectivity index (χ4v) is 1.93. The second-order valence-electron chi connectivity index (χ2n) is 5.18. The van der Waals surface area contributed by atoms with Crippen molar-refractivity contribution in [1.82, 2.24) is 5.32 Å². The van der Waals surface area contributed by atoms with Crippen molar-refractivity contribution in [3.63, 3.8) is 0 Å². The Bertz CT molecular complexity index is 134. The SMILES string of the molecule is CNCC(CN)(CN)CC(C)(C)C. The van der Waals surface area contributed by atoms with E-state index in [9.17, 15) is 0 Å². The highest BCUT2D eigenvalue weighted by Gasteiger charge is 2.31. The summed E-state index contributed by atoms with van der Waals surface area (Å²) in [6.07, 6.45) is 1.06. The summed E-state index contributed by atoms with van der Waals surface area (Å²) >= 11 is 0. The van der Waals surface area contributed by atoms with Crippen molar-refractivity contribution >= 4 is 0 Å². The largest absolute Gasteiger partial charge is 0.330 e. The topological polar surface area (TPSA) is 64.1 Å². The van der Waals surface area contributed by atoms with Gasteiger partial charge in [0.05, 0.1) is 0 Å². The Hall–Kier alpha value is -0.120. The Morgan fingerprint density at radius 3 is 1.77 bits per heavy atom. The maximum absolute atomic E-state index is 5.79. The van der Waals surface area contributed by atoms with Crippen LogP contribution in [0.2, 0.25) is 0 Å². The normalized spacial score (nSPS) is 13.4. The van der Waals surface area contributed by atoms with Gasteiger partial charge in [-0.1, -0.05) is 20.8 Å². The minimum absolute atomic E-state index is 0.0625. The summed E-state index contributed by atoms with van der Waals surface area (Å²) in [5, 5.41) is 3.17. The molecule has 0 aromatic heterocycles. The van der Waals surface area contributed by atoms with Crippen LogP contribution in [0.25, 0.3) is 0 Å². The number of nitrogens with two attached hydrogens (primary N) is 2. The lowest BCUT2D eigenvalue weighted by Crippen LogP contribution is -2.47. The van der Waals surface area contributed by atoms with Crippen molar-refractivity contribution < 1.29 is 0 Å². The average Bonchev–Trinajstić information content (AvgIpc) is 2.01. The highest BCUT2D eigenvalue weighted by atomic mass is 14.9. The standard InChI is InChI=1S/C10H25N3/c1-9(2,3)5-10(6-11,7-12)8-13-4/h13H,5-8,11-12H2,1-4H3. The van der Waals surface area contributed by atoms with Gasteiger partial charge in [0.25, 0.3) is 0 Å². The van der Waals surface area contributed by atoms with Crippen LogP contribution >= 0.6 is 0 Å². The molecule has 0 aliphatic heterocycles. The molecule has 0 saturated heterocycles. The quantitative estimate of drug-likeness (QED) is 0.589. The van der Waals surface area contributed by atoms with Gasteiger partial charge in [0.2, 0.25) is 0 Å². The van der Waals surface area contributed by atoms with Crippen LogP contribution in [0, 0.1) is 10.8 Å². The molecule has 0 aromatic rings. The lowest BCUT2D eigenvalue weighted by atomic mass is 9.73. The molecule has 0 fully saturated rings. The molecule has 5 N–H and O–H groups in total. The zero-order valence-electron chi connectivity index (χ0n) is 9.48. The molecule has 0 unspecified atom stereocenters. The minimum atomic E-state index is 0.0625. The molecule has 0 aromatic carbocycles. The number of hydrogen-bond acceptors (Lipinski definition) is 3. The van der Waals surface area contributed by atoms with E-state index in [1.54, 1.807) is 0 Å². The Kier molecular flexibility index (Phi) is 4.89. The van der Waals surface area contributed by atoms with Crippen molar-refractivity contribution in [2.45, 2.75) is 27.2 Å². The molecule has 0 radical (unpaired) electrons. The van der Waals surface area contributed by atoms with E-state index in [1.165, 1.54) is 0 Å². The summed E-state index contributed by atoms with van der Waals surface area (Å²) in [6, 6.07) is 0. The lowest BCUT2D eigenvalue weighted by molar-refractivity contribution is 0.183. The Morgan fingerprint density at radius 1 is 1.08 bits per heavy atom. The second-order valence-corrected chi connectivity index (χ2v) is 5.18. The summed E-state index contributed by atoms with van der Waals surface area (Å²) in [5.41, 5.74) is 11.9. The maximum Gasteiger partial charge on any atom is 0.00776 e. The van der Waals surface area contributed by atoms with Crippen LogP contribution in [-0.2, 0) is 0 Å². The molecule has 0 rings (SSSR count).